The lowest BCUT2D eigenvalue weighted by Crippen LogP contribution is -2.19. The van der Waals surface area contributed by atoms with E-state index < -0.39 is 0 Å². The van der Waals surface area contributed by atoms with Crippen molar-refractivity contribution in [2.75, 3.05) is 0 Å². The van der Waals surface area contributed by atoms with Crippen molar-refractivity contribution in [3.05, 3.63) is 12.2 Å². The molecule has 0 fully saturated rings. The molecule has 60 valence electrons. The second-order valence-electron chi connectivity index (χ2n) is 2.31. The predicted octanol–water partition coefficient (Wildman–Crippen LogP) is -0.378. The van der Waals surface area contributed by atoms with Gasteiger partial charge >= 0.3 is 0 Å². The van der Waals surface area contributed by atoms with Gasteiger partial charge in [-0.25, -0.2) is 0 Å². The first kappa shape index (κ1) is 7.71. The van der Waals surface area contributed by atoms with Crippen molar-refractivity contribution in [1.29, 1.82) is 0 Å². The summed E-state index contributed by atoms with van der Waals surface area (Å²) in [6.45, 7) is 1.85. The highest BCUT2D eigenvalue weighted by Gasteiger charge is 2.08. The van der Waals surface area contributed by atoms with Gasteiger partial charge in [0.25, 0.3) is 0 Å². The van der Waals surface area contributed by atoms with E-state index in [0.29, 0.717) is 6.41 Å². The van der Waals surface area contributed by atoms with E-state index in [1.54, 1.807) is 10.9 Å². The summed E-state index contributed by atoms with van der Waals surface area (Å²) in [5, 5.41) is 10.1. The predicted molar refractivity (Wildman–Crippen MR) is 38.6 cm³/mol. The van der Waals surface area contributed by atoms with Crippen LogP contribution in [0.2, 0.25) is 0 Å². The number of aromatic nitrogens is 3. The molecule has 11 heavy (non-hydrogen) atoms. The van der Waals surface area contributed by atoms with Gasteiger partial charge in [-0.3, -0.25) is 4.79 Å². The molecule has 0 aliphatic heterocycles. The number of nitrogens with one attached hydrogen (secondary N) is 1. The van der Waals surface area contributed by atoms with E-state index in [-0.39, 0.29) is 6.04 Å². The van der Waals surface area contributed by atoms with E-state index in [1.807, 2.05) is 14.0 Å². The Labute approximate surface area is 64.4 Å². The first-order valence-electron chi connectivity index (χ1n) is 3.29. The largest absolute Gasteiger partial charge is 0.349 e. The number of rotatable bonds is 3. The molecule has 0 aliphatic carbocycles. The molecule has 1 aromatic rings. The van der Waals surface area contributed by atoms with Crippen LogP contribution in [0.1, 0.15) is 18.8 Å². The van der Waals surface area contributed by atoms with E-state index in [2.05, 4.69) is 15.5 Å². The molecule has 0 spiro atoms. The molecule has 5 nitrogen and oxygen atoms in total. The Morgan fingerprint density at radius 3 is 3.00 bits per heavy atom. The van der Waals surface area contributed by atoms with Gasteiger partial charge in [0.2, 0.25) is 6.41 Å². The summed E-state index contributed by atoms with van der Waals surface area (Å²) in [6.07, 6.45) is 2.25. The minimum atomic E-state index is -0.0833. The monoisotopic (exact) mass is 154 g/mol. The van der Waals surface area contributed by atoms with Crippen molar-refractivity contribution in [2.45, 2.75) is 13.0 Å². The fourth-order valence-electron chi connectivity index (χ4n) is 0.861. The fourth-order valence-corrected chi connectivity index (χ4v) is 0.861. The molecule has 0 bridgehead atoms. The smallest absolute Gasteiger partial charge is 0.207 e. The van der Waals surface area contributed by atoms with Crippen LogP contribution in [0.5, 0.6) is 0 Å². The Hall–Kier alpha value is -1.39. The summed E-state index contributed by atoms with van der Waals surface area (Å²) in [6, 6.07) is -0.0833. The molecule has 0 saturated heterocycles. The topological polar surface area (TPSA) is 59.8 Å². The van der Waals surface area contributed by atoms with Gasteiger partial charge in [0.05, 0.1) is 6.04 Å². The molecule has 0 radical (unpaired) electrons. The Balaban J connectivity index is 2.74. The molecule has 1 amide bonds. The fraction of sp³-hybridized carbons (Fsp3) is 0.500. The first-order chi connectivity index (χ1) is 5.25. The molecule has 5 heteroatoms. The molecule has 1 aromatic heterocycles. The molecular formula is C6H10N4O. The normalized spacial score (nSPS) is 12.5. The molecule has 1 rings (SSSR count). The van der Waals surface area contributed by atoms with Gasteiger partial charge in [-0.2, -0.15) is 0 Å². The van der Waals surface area contributed by atoms with Crippen LogP contribution in [0.15, 0.2) is 6.33 Å². The lowest BCUT2D eigenvalue weighted by Gasteiger charge is -2.07. The number of carbonyl (C=O) groups is 1. The Morgan fingerprint density at radius 2 is 2.55 bits per heavy atom. The van der Waals surface area contributed by atoms with Crippen LogP contribution in [-0.4, -0.2) is 21.2 Å². The maximum absolute atomic E-state index is 10.1. The lowest BCUT2D eigenvalue weighted by atomic mass is 10.3. The number of amides is 1. The van der Waals surface area contributed by atoms with Gasteiger partial charge in [-0.05, 0) is 6.92 Å². The van der Waals surface area contributed by atoms with Crippen molar-refractivity contribution in [3.8, 4) is 0 Å². The molecule has 1 heterocycles. The maximum Gasteiger partial charge on any atom is 0.207 e. The van der Waals surface area contributed by atoms with Gasteiger partial charge in [-0.15, -0.1) is 10.2 Å². The number of carbonyl (C=O) groups excluding carboxylic acids is 1. The van der Waals surface area contributed by atoms with Crippen LogP contribution in [-0.2, 0) is 11.8 Å². The molecule has 1 atom stereocenters. The standard InChI is InChI=1S/C6H10N4O/c1-5(7-4-11)6-9-8-3-10(6)2/h3-5H,1-2H3,(H,7,11). The Bertz CT molecular complexity index is 244. The number of hydrogen-bond acceptors (Lipinski definition) is 3. The third kappa shape index (κ3) is 1.54. The van der Waals surface area contributed by atoms with Crippen molar-refractivity contribution < 1.29 is 4.79 Å². The van der Waals surface area contributed by atoms with Crippen LogP contribution in [0.4, 0.5) is 0 Å². The molecule has 0 aromatic carbocycles. The number of hydrogen-bond donors (Lipinski definition) is 1. The highest BCUT2D eigenvalue weighted by molar-refractivity contribution is 5.46. The SMILES string of the molecule is CC(NC=O)c1nncn1C. The summed E-state index contributed by atoms with van der Waals surface area (Å²) < 4.78 is 1.77. The highest BCUT2D eigenvalue weighted by atomic mass is 16.1. The van der Waals surface area contributed by atoms with E-state index >= 15 is 0 Å². The van der Waals surface area contributed by atoms with Crippen molar-refractivity contribution in [3.63, 3.8) is 0 Å². The average Bonchev–Trinajstić information content (AvgIpc) is 2.36. The van der Waals surface area contributed by atoms with Crippen molar-refractivity contribution in [1.82, 2.24) is 20.1 Å². The first-order valence-corrected chi connectivity index (χ1v) is 3.29. The van der Waals surface area contributed by atoms with Crippen molar-refractivity contribution in [2.24, 2.45) is 7.05 Å². The third-order valence-corrected chi connectivity index (χ3v) is 1.45. The average molecular weight is 154 g/mol. The zero-order valence-electron chi connectivity index (χ0n) is 6.48. The minimum absolute atomic E-state index is 0.0833. The molecule has 1 N–H and O–H groups in total. The van der Waals surface area contributed by atoms with Gasteiger partial charge in [0.15, 0.2) is 5.82 Å². The summed E-state index contributed by atoms with van der Waals surface area (Å²) in [5.41, 5.74) is 0. The maximum atomic E-state index is 10.1. The zero-order chi connectivity index (χ0) is 8.27. The Kier molecular flexibility index (Phi) is 2.20. The van der Waals surface area contributed by atoms with Crippen LogP contribution in [0.3, 0.4) is 0 Å². The van der Waals surface area contributed by atoms with Crippen LogP contribution < -0.4 is 5.32 Å². The van der Waals surface area contributed by atoms with Crippen LogP contribution in [0, 0.1) is 0 Å². The van der Waals surface area contributed by atoms with E-state index in [4.69, 9.17) is 0 Å². The second-order valence-corrected chi connectivity index (χ2v) is 2.31. The van der Waals surface area contributed by atoms with Gasteiger partial charge in [0, 0.05) is 7.05 Å². The minimum Gasteiger partial charge on any atom is -0.349 e. The van der Waals surface area contributed by atoms with Crippen LogP contribution >= 0.6 is 0 Å². The summed E-state index contributed by atoms with van der Waals surface area (Å²) in [4.78, 5) is 10.1. The Morgan fingerprint density at radius 1 is 1.82 bits per heavy atom. The van der Waals surface area contributed by atoms with E-state index in [0.717, 1.165) is 5.82 Å². The molecule has 0 saturated carbocycles. The second kappa shape index (κ2) is 3.14. The van der Waals surface area contributed by atoms with E-state index in [1.165, 1.54) is 0 Å². The third-order valence-electron chi connectivity index (χ3n) is 1.45. The van der Waals surface area contributed by atoms with Gasteiger partial charge in [0.1, 0.15) is 6.33 Å². The summed E-state index contributed by atoms with van der Waals surface area (Å²) in [5.74, 6) is 0.747. The molecular weight excluding hydrogens is 144 g/mol. The number of aryl methyl sites for hydroxylation is 1. The lowest BCUT2D eigenvalue weighted by molar-refractivity contribution is -0.110. The molecule has 0 aliphatic rings. The zero-order valence-corrected chi connectivity index (χ0v) is 6.48. The van der Waals surface area contributed by atoms with E-state index in [9.17, 15) is 4.79 Å². The van der Waals surface area contributed by atoms with Crippen molar-refractivity contribution >= 4 is 6.41 Å². The van der Waals surface area contributed by atoms with Crippen LogP contribution in [0.25, 0.3) is 0 Å². The quantitative estimate of drug-likeness (QED) is 0.604. The number of nitrogens with zero attached hydrogens (tertiary/aromatic N) is 3. The summed E-state index contributed by atoms with van der Waals surface area (Å²) >= 11 is 0. The summed E-state index contributed by atoms with van der Waals surface area (Å²) in [7, 11) is 1.83. The van der Waals surface area contributed by atoms with Gasteiger partial charge in [-0.1, -0.05) is 0 Å². The van der Waals surface area contributed by atoms with Gasteiger partial charge < -0.3 is 9.88 Å². The highest BCUT2D eigenvalue weighted by Crippen LogP contribution is 2.04. The molecule has 1 unspecified atom stereocenters.